The summed E-state index contributed by atoms with van der Waals surface area (Å²) in [5.74, 6) is -0.856. The standard InChI is InChI=1S/C24H28ClN3O4S/c25-19-10-12-20(13-11-19)33(31,32)28-16-6-7-18(17-28)23(29)26-22-9-3-2-8-21(22)24(30)27-14-4-1-5-15-27/h2-3,8-13,18H,1,4-7,14-17H2,(H,26,29). The second kappa shape index (κ2) is 10.2. The molecule has 176 valence electrons. The quantitative estimate of drug-likeness (QED) is 0.687. The number of likely N-dealkylation sites (tertiary alicyclic amines) is 1. The van der Waals surface area contributed by atoms with Crippen LogP contribution in [-0.2, 0) is 14.8 Å². The molecule has 0 aliphatic carbocycles. The van der Waals surface area contributed by atoms with Crippen LogP contribution in [0.2, 0.25) is 5.02 Å². The average molecular weight is 490 g/mol. The normalized spacial score (nSPS) is 19.8. The van der Waals surface area contributed by atoms with Crippen molar-refractivity contribution in [1.29, 1.82) is 0 Å². The molecule has 1 atom stereocenters. The Labute approximate surface area is 199 Å². The summed E-state index contributed by atoms with van der Waals surface area (Å²) in [5.41, 5.74) is 0.935. The molecule has 9 heteroatoms. The first-order valence-corrected chi connectivity index (χ1v) is 13.1. The number of hydrogen-bond acceptors (Lipinski definition) is 4. The van der Waals surface area contributed by atoms with E-state index in [-0.39, 0.29) is 23.3 Å². The van der Waals surface area contributed by atoms with E-state index in [2.05, 4.69) is 5.32 Å². The molecular formula is C24H28ClN3O4S. The number of hydrogen-bond donors (Lipinski definition) is 1. The summed E-state index contributed by atoms with van der Waals surface area (Å²) in [4.78, 5) is 28.1. The lowest BCUT2D eigenvalue weighted by atomic mass is 9.98. The maximum atomic E-state index is 13.1. The van der Waals surface area contributed by atoms with Crippen LogP contribution in [0.3, 0.4) is 0 Å². The number of rotatable bonds is 5. The van der Waals surface area contributed by atoms with E-state index in [1.807, 2.05) is 4.90 Å². The van der Waals surface area contributed by atoms with E-state index in [1.165, 1.54) is 16.4 Å². The van der Waals surface area contributed by atoms with Crippen molar-refractivity contribution in [2.75, 3.05) is 31.5 Å². The van der Waals surface area contributed by atoms with Gasteiger partial charge in [-0.25, -0.2) is 8.42 Å². The number of carbonyl (C=O) groups excluding carboxylic acids is 2. The number of piperidine rings is 2. The van der Waals surface area contributed by atoms with Crippen molar-refractivity contribution in [3.05, 3.63) is 59.1 Å². The van der Waals surface area contributed by atoms with E-state index in [1.54, 1.807) is 36.4 Å². The van der Waals surface area contributed by atoms with Gasteiger partial charge in [0.1, 0.15) is 0 Å². The van der Waals surface area contributed by atoms with Gasteiger partial charge in [-0.2, -0.15) is 4.31 Å². The minimum Gasteiger partial charge on any atom is -0.339 e. The molecule has 0 aromatic heterocycles. The van der Waals surface area contributed by atoms with Crippen molar-refractivity contribution in [3.63, 3.8) is 0 Å². The molecule has 2 heterocycles. The van der Waals surface area contributed by atoms with Crippen molar-refractivity contribution < 1.29 is 18.0 Å². The first-order valence-electron chi connectivity index (χ1n) is 11.3. The molecule has 2 saturated heterocycles. The average Bonchev–Trinajstić information content (AvgIpc) is 2.85. The molecule has 2 aromatic carbocycles. The minimum atomic E-state index is -3.72. The lowest BCUT2D eigenvalue weighted by molar-refractivity contribution is -0.120. The van der Waals surface area contributed by atoms with Gasteiger partial charge in [-0.05, 0) is 68.5 Å². The molecule has 0 spiro atoms. The van der Waals surface area contributed by atoms with Crippen LogP contribution in [0.25, 0.3) is 0 Å². The van der Waals surface area contributed by atoms with Crippen LogP contribution in [0.1, 0.15) is 42.5 Å². The van der Waals surface area contributed by atoms with Gasteiger partial charge < -0.3 is 10.2 Å². The van der Waals surface area contributed by atoms with Crippen molar-refractivity contribution in [3.8, 4) is 0 Å². The molecule has 0 saturated carbocycles. The summed E-state index contributed by atoms with van der Waals surface area (Å²) < 4.78 is 27.4. The number of benzene rings is 2. The predicted octanol–water partition coefficient (Wildman–Crippen LogP) is 4.01. The van der Waals surface area contributed by atoms with Crippen molar-refractivity contribution in [2.45, 2.75) is 37.0 Å². The van der Waals surface area contributed by atoms with Crippen LogP contribution in [0.15, 0.2) is 53.4 Å². The number of sulfonamides is 1. The van der Waals surface area contributed by atoms with Gasteiger partial charge in [0.05, 0.1) is 22.1 Å². The molecule has 2 amide bonds. The fraction of sp³-hybridized carbons (Fsp3) is 0.417. The molecule has 2 aliphatic heterocycles. The highest BCUT2D eigenvalue weighted by Crippen LogP contribution is 2.27. The Bertz CT molecular complexity index is 1110. The summed E-state index contributed by atoms with van der Waals surface area (Å²) in [5, 5.41) is 3.35. The second-order valence-electron chi connectivity index (χ2n) is 8.54. The number of carbonyl (C=O) groups is 2. The van der Waals surface area contributed by atoms with E-state index >= 15 is 0 Å². The Morgan fingerprint density at radius 2 is 1.61 bits per heavy atom. The molecule has 1 N–H and O–H groups in total. The number of amides is 2. The van der Waals surface area contributed by atoms with E-state index in [0.29, 0.717) is 35.7 Å². The zero-order valence-electron chi connectivity index (χ0n) is 18.4. The Kier molecular flexibility index (Phi) is 7.36. The van der Waals surface area contributed by atoms with Crippen LogP contribution >= 0.6 is 11.6 Å². The van der Waals surface area contributed by atoms with E-state index in [4.69, 9.17) is 11.6 Å². The highest BCUT2D eigenvalue weighted by atomic mass is 35.5. The number of nitrogens with zero attached hydrogens (tertiary/aromatic N) is 2. The van der Waals surface area contributed by atoms with Gasteiger partial charge in [-0.15, -0.1) is 0 Å². The van der Waals surface area contributed by atoms with Gasteiger partial charge in [-0.1, -0.05) is 23.7 Å². The van der Waals surface area contributed by atoms with Crippen molar-refractivity contribution in [1.82, 2.24) is 9.21 Å². The first-order chi connectivity index (χ1) is 15.9. The maximum Gasteiger partial charge on any atom is 0.255 e. The molecule has 1 unspecified atom stereocenters. The Morgan fingerprint density at radius 3 is 2.33 bits per heavy atom. The SMILES string of the molecule is O=C(Nc1ccccc1C(=O)N1CCCCC1)C1CCCN(S(=O)(=O)c2ccc(Cl)cc2)C1. The highest BCUT2D eigenvalue weighted by molar-refractivity contribution is 7.89. The molecule has 2 fully saturated rings. The minimum absolute atomic E-state index is 0.0822. The molecule has 0 radical (unpaired) electrons. The van der Waals surface area contributed by atoms with Gasteiger partial charge in [-0.3, -0.25) is 9.59 Å². The van der Waals surface area contributed by atoms with Crippen LogP contribution in [0.5, 0.6) is 0 Å². The molecule has 4 rings (SSSR count). The second-order valence-corrected chi connectivity index (χ2v) is 10.9. The fourth-order valence-corrected chi connectivity index (χ4v) is 6.06. The summed E-state index contributed by atoms with van der Waals surface area (Å²) >= 11 is 5.89. The smallest absolute Gasteiger partial charge is 0.255 e. The highest BCUT2D eigenvalue weighted by Gasteiger charge is 2.34. The molecule has 2 aliphatic rings. The van der Waals surface area contributed by atoms with Gasteiger partial charge in [0.15, 0.2) is 0 Å². The third-order valence-electron chi connectivity index (χ3n) is 6.26. The lowest BCUT2D eigenvalue weighted by Gasteiger charge is -2.31. The van der Waals surface area contributed by atoms with Crippen LogP contribution < -0.4 is 5.32 Å². The molecule has 7 nitrogen and oxygen atoms in total. The van der Waals surface area contributed by atoms with Crippen LogP contribution in [0.4, 0.5) is 5.69 Å². The van der Waals surface area contributed by atoms with Gasteiger partial charge in [0.2, 0.25) is 15.9 Å². The topological polar surface area (TPSA) is 86.8 Å². The van der Waals surface area contributed by atoms with E-state index < -0.39 is 15.9 Å². The zero-order valence-corrected chi connectivity index (χ0v) is 19.9. The van der Waals surface area contributed by atoms with E-state index in [0.717, 1.165) is 32.4 Å². The first kappa shape index (κ1) is 23.7. The molecule has 2 aromatic rings. The molecule has 0 bridgehead atoms. The van der Waals surface area contributed by atoms with Crippen LogP contribution in [-0.4, -0.2) is 55.6 Å². The number of para-hydroxylation sites is 1. The van der Waals surface area contributed by atoms with Crippen molar-refractivity contribution in [2.24, 2.45) is 5.92 Å². The monoisotopic (exact) mass is 489 g/mol. The Morgan fingerprint density at radius 1 is 0.909 bits per heavy atom. The van der Waals surface area contributed by atoms with Gasteiger partial charge >= 0.3 is 0 Å². The van der Waals surface area contributed by atoms with Gasteiger partial charge in [0, 0.05) is 31.2 Å². The van der Waals surface area contributed by atoms with E-state index in [9.17, 15) is 18.0 Å². The Balaban J connectivity index is 1.47. The maximum absolute atomic E-state index is 13.1. The third-order valence-corrected chi connectivity index (χ3v) is 8.40. The summed E-state index contributed by atoms with van der Waals surface area (Å²) in [6.07, 6.45) is 4.26. The third kappa shape index (κ3) is 5.39. The number of halogens is 1. The summed E-state index contributed by atoms with van der Waals surface area (Å²) in [7, 11) is -3.72. The predicted molar refractivity (Wildman–Crippen MR) is 128 cm³/mol. The number of nitrogens with one attached hydrogen (secondary N) is 1. The summed E-state index contributed by atoms with van der Waals surface area (Å²) in [6.45, 7) is 1.90. The van der Waals surface area contributed by atoms with Crippen LogP contribution in [0, 0.1) is 5.92 Å². The largest absolute Gasteiger partial charge is 0.339 e. The molecule has 33 heavy (non-hydrogen) atoms. The number of anilines is 1. The van der Waals surface area contributed by atoms with Crippen molar-refractivity contribution >= 4 is 39.1 Å². The zero-order chi connectivity index (χ0) is 23.4. The Hall–Kier alpha value is -2.42. The molecular weight excluding hydrogens is 462 g/mol. The summed E-state index contributed by atoms with van der Waals surface area (Å²) in [6, 6.07) is 13.0. The fourth-order valence-electron chi connectivity index (χ4n) is 4.41. The van der Waals surface area contributed by atoms with Gasteiger partial charge in [0.25, 0.3) is 5.91 Å². The lowest BCUT2D eigenvalue weighted by Crippen LogP contribution is -2.43.